The molecule has 0 aliphatic rings. The third-order valence-electron chi connectivity index (χ3n) is 4.94. The molecule has 0 nitrogen and oxygen atoms in total. The van der Waals surface area contributed by atoms with Gasteiger partial charge in [0.25, 0.3) is 0 Å². The van der Waals surface area contributed by atoms with Gasteiger partial charge in [-0.2, -0.15) is 0 Å². The Morgan fingerprint density at radius 1 is 0.567 bits per heavy atom. The molecule has 0 unspecified atom stereocenters. The standard InChI is InChI=1S/C26H22.2C2H6/c1-3-12-19(4-2)25-21-15-8-10-17-23(21)26(20-13-6-5-7-14-20)24-18-11-9-16-22(24)25;2*1-2/h3-18H,1-2H3;2*1-2H3/b12-3-,19-4+;;. The van der Waals surface area contributed by atoms with E-state index >= 15 is 0 Å². The molecule has 0 spiro atoms. The largest absolute Gasteiger partial charge is 0.0871 e. The molecular weight excluding hydrogens is 360 g/mol. The number of benzene rings is 4. The van der Waals surface area contributed by atoms with Crippen LogP contribution in [0.5, 0.6) is 0 Å². The van der Waals surface area contributed by atoms with Crippen LogP contribution in [0.2, 0.25) is 0 Å². The van der Waals surface area contributed by atoms with Crippen molar-refractivity contribution in [3.05, 3.63) is 103 Å². The fraction of sp³-hybridized carbons (Fsp3) is 0.200. The maximum atomic E-state index is 2.25. The molecule has 0 aromatic heterocycles. The quantitative estimate of drug-likeness (QED) is 0.239. The highest BCUT2D eigenvalue weighted by Crippen LogP contribution is 2.41. The summed E-state index contributed by atoms with van der Waals surface area (Å²) in [6.07, 6.45) is 6.52. The van der Waals surface area contributed by atoms with E-state index < -0.39 is 0 Å². The molecule has 0 aliphatic heterocycles. The molecule has 4 aromatic carbocycles. The van der Waals surface area contributed by atoms with Crippen molar-refractivity contribution < 1.29 is 0 Å². The first-order chi connectivity index (χ1) is 14.8. The maximum Gasteiger partial charge on any atom is -0.00264 e. The van der Waals surface area contributed by atoms with E-state index in [0.29, 0.717) is 0 Å². The summed E-state index contributed by atoms with van der Waals surface area (Å²) in [6, 6.07) is 28.3. The van der Waals surface area contributed by atoms with Gasteiger partial charge < -0.3 is 0 Å². The van der Waals surface area contributed by atoms with Crippen molar-refractivity contribution in [2.24, 2.45) is 0 Å². The van der Waals surface area contributed by atoms with Crippen LogP contribution < -0.4 is 0 Å². The Morgan fingerprint density at radius 3 is 1.43 bits per heavy atom. The lowest BCUT2D eigenvalue weighted by atomic mass is 9.85. The van der Waals surface area contributed by atoms with Crippen molar-refractivity contribution in [3.63, 3.8) is 0 Å². The third kappa shape index (κ3) is 4.54. The van der Waals surface area contributed by atoms with Gasteiger partial charge in [-0.25, -0.2) is 0 Å². The minimum Gasteiger partial charge on any atom is -0.0871 e. The molecule has 0 saturated heterocycles. The van der Waals surface area contributed by atoms with Gasteiger partial charge in [-0.3, -0.25) is 0 Å². The molecule has 4 aromatic rings. The average Bonchev–Trinajstić information content (AvgIpc) is 2.84. The van der Waals surface area contributed by atoms with Crippen molar-refractivity contribution in [1.29, 1.82) is 0 Å². The highest BCUT2D eigenvalue weighted by Gasteiger charge is 2.15. The Bertz CT molecular complexity index is 1070. The van der Waals surface area contributed by atoms with Gasteiger partial charge in [-0.15, -0.1) is 0 Å². The summed E-state index contributed by atoms with van der Waals surface area (Å²) >= 11 is 0. The first kappa shape index (κ1) is 23.2. The summed E-state index contributed by atoms with van der Waals surface area (Å²) in [5.74, 6) is 0. The Morgan fingerprint density at radius 2 is 1.00 bits per heavy atom. The molecule has 154 valence electrons. The minimum absolute atomic E-state index is 1.26. The molecule has 30 heavy (non-hydrogen) atoms. The summed E-state index contributed by atoms with van der Waals surface area (Å²) < 4.78 is 0. The van der Waals surface area contributed by atoms with Gasteiger partial charge >= 0.3 is 0 Å². The van der Waals surface area contributed by atoms with Crippen LogP contribution in [0.4, 0.5) is 0 Å². The van der Waals surface area contributed by atoms with E-state index in [1.165, 1.54) is 43.8 Å². The third-order valence-corrected chi connectivity index (χ3v) is 4.94. The molecule has 0 atom stereocenters. The van der Waals surface area contributed by atoms with E-state index in [4.69, 9.17) is 0 Å². The molecule has 0 heterocycles. The van der Waals surface area contributed by atoms with Crippen LogP contribution in [0, 0.1) is 0 Å². The van der Waals surface area contributed by atoms with Crippen molar-refractivity contribution in [2.75, 3.05) is 0 Å². The number of allylic oxidation sites excluding steroid dienone is 4. The molecule has 0 radical (unpaired) electrons. The zero-order valence-electron chi connectivity index (χ0n) is 19.2. The van der Waals surface area contributed by atoms with Crippen LogP contribution in [0.25, 0.3) is 38.2 Å². The van der Waals surface area contributed by atoms with Crippen molar-refractivity contribution in [1.82, 2.24) is 0 Å². The second kappa shape index (κ2) is 11.8. The van der Waals surface area contributed by atoms with Crippen LogP contribution >= 0.6 is 0 Å². The number of hydrogen-bond acceptors (Lipinski definition) is 0. The lowest BCUT2D eigenvalue weighted by Gasteiger charge is -2.18. The zero-order valence-corrected chi connectivity index (χ0v) is 19.2. The van der Waals surface area contributed by atoms with Gasteiger partial charge in [0.2, 0.25) is 0 Å². The number of hydrogen-bond donors (Lipinski definition) is 0. The summed E-state index contributed by atoms with van der Waals surface area (Å²) in [4.78, 5) is 0. The molecule has 0 amide bonds. The Balaban J connectivity index is 0.000000757. The van der Waals surface area contributed by atoms with E-state index in [9.17, 15) is 0 Å². The predicted octanol–water partition coefficient (Wildman–Crippen LogP) is 9.69. The lowest BCUT2D eigenvalue weighted by Crippen LogP contribution is -1.92. The summed E-state index contributed by atoms with van der Waals surface area (Å²) in [6.45, 7) is 12.2. The molecule has 0 fully saturated rings. The number of fused-ring (bicyclic) bond motifs is 2. The molecule has 4 rings (SSSR count). The summed E-state index contributed by atoms with van der Waals surface area (Å²) in [5, 5.41) is 5.21. The fourth-order valence-electron chi connectivity index (χ4n) is 3.86. The van der Waals surface area contributed by atoms with Crippen LogP contribution in [0.3, 0.4) is 0 Å². The van der Waals surface area contributed by atoms with Crippen LogP contribution in [0.15, 0.2) is 97.1 Å². The zero-order chi connectivity index (χ0) is 21.9. The highest BCUT2D eigenvalue weighted by molar-refractivity contribution is 6.19. The lowest BCUT2D eigenvalue weighted by molar-refractivity contribution is 1.50. The minimum atomic E-state index is 1.26. The van der Waals surface area contributed by atoms with Gasteiger partial charge in [-0.1, -0.05) is 125 Å². The van der Waals surface area contributed by atoms with Crippen LogP contribution in [-0.4, -0.2) is 0 Å². The predicted molar refractivity (Wildman–Crippen MR) is 138 cm³/mol. The van der Waals surface area contributed by atoms with E-state index in [-0.39, 0.29) is 0 Å². The summed E-state index contributed by atoms with van der Waals surface area (Å²) in [7, 11) is 0. The maximum absolute atomic E-state index is 2.25. The molecule has 0 N–H and O–H groups in total. The Kier molecular flexibility index (Phi) is 9.09. The fourth-order valence-corrected chi connectivity index (χ4v) is 3.86. The van der Waals surface area contributed by atoms with E-state index in [2.05, 4.69) is 111 Å². The molecule has 0 heteroatoms. The Labute approximate surface area is 182 Å². The van der Waals surface area contributed by atoms with Gasteiger partial charge in [0.1, 0.15) is 0 Å². The van der Waals surface area contributed by atoms with Gasteiger partial charge in [0.05, 0.1) is 0 Å². The van der Waals surface area contributed by atoms with Gasteiger partial charge in [0.15, 0.2) is 0 Å². The van der Waals surface area contributed by atoms with E-state index in [1.54, 1.807) is 0 Å². The SMILES string of the molecule is C/C=C\C(=C/C)c1c2ccccc2c(-c2ccccc2)c2ccccc12.CC.CC. The van der Waals surface area contributed by atoms with Gasteiger partial charge in [-0.05, 0) is 57.7 Å². The van der Waals surface area contributed by atoms with Crippen molar-refractivity contribution in [3.8, 4) is 11.1 Å². The molecular formula is C30H34. The smallest absolute Gasteiger partial charge is 0.00264 e. The van der Waals surface area contributed by atoms with E-state index in [1.807, 2.05) is 27.7 Å². The van der Waals surface area contributed by atoms with Crippen LogP contribution in [-0.2, 0) is 0 Å². The highest BCUT2D eigenvalue weighted by atomic mass is 14.2. The first-order valence-corrected chi connectivity index (χ1v) is 11.1. The second-order valence-electron chi connectivity index (χ2n) is 6.45. The number of rotatable bonds is 3. The molecule has 0 bridgehead atoms. The second-order valence-corrected chi connectivity index (χ2v) is 6.45. The normalized spacial score (nSPS) is 11.1. The van der Waals surface area contributed by atoms with Gasteiger partial charge in [0, 0.05) is 0 Å². The molecule has 0 aliphatic carbocycles. The monoisotopic (exact) mass is 394 g/mol. The summed E-state index contributed by atoms with van der Waals surface area (Å²) in [5.41, 5.74) is 5.16. The van der Waals surface area contributed by atoms with Crippen molar-refractivity contribution in [2.45, 2.75) is 41.5 Å². The topological polar surface area (TPSA) is 0 Å². The van der Waals surface area contributed by atoms with Crippen LogP contribution in [0.1, 0.15) is 47.1 Å². The van der Waals surface area contributed by atoms with E-state index in [0.717, 1.165) is 0 Å². The molecule has 0 saturated carbocycles. The Hall–Kier alpha value is -3.12. The first-order valence-electron chi connectivity index (χ1n) is 11.1. The average molecular weight is 395 g/mol. The van der Waals surface area contributed by atoms with Crippen molar-refractivity contribution >= 4 is 27.1 Å².